The van der Waals surface area contributed by atoms with Crippen molar-refractivity contribution in [3.63, 3.8) is 0 Å². The van der Waals surface area contributed by atoms with E-state index >= 15 is 0 Å². The van der Waals surface area contributed by atoms with E-state index in [0.717, 1.165) is 18.8 Å². The average Bonchev–Trinajstić information content (AvgIpc) is 3.07. The standard InChI is InChI=1S/C27H48N2O.C2H6/c1-7-8-9-10-11-12-13-14-15-16-17-20-30-25-18-19-26-27(21-25)29(23(4)5)24(6)28(26)22(2)3;1-2/h18-19,21-24H,7-17,20H2,1-6H3;1-2H3. The third-order valence-corrected chi connectivity index (χ3v) is 6.44. The Balaban J connectivity index is 0.00000249. The number of hydrogen-bond acceptors (Lipinski definition) is 3. The minimum atomic E-state index is 0.391. The number of anilines is 2. The molecular weight excluding hydrogens is 392 g/mol. The lowest BCUT2D eigenvalue weighted by Crippen LogP contribution is -2.47. The van der Waals surface area contributed by atoms with Crippen molar-refractivity contribution in [3.8, 4) is 5.75 Å². The number of benzene rings is 1. The van der Waals surface area contributed by atoms with Crippen LogP contribution in [0.1, 0.15) is 126 Å². The first-order chi connectivity index (χ1) is 15.5. The summed E-state index contributed by atoms with van der Waals surface area (Å²) >= 11 is 0. The molecule has 1 unspecified atom stereocenters. The molecule has 1 aliphatic heterocycles. The maximum atomic E-state index is 6.13. The van der Waals surface area contributed by atoms with Gasteiger partial charge in [0.15, 0.2) is 0 Å². The number of ether oxygens (including phenoxy) is 1. The first kappa shape index (κ1) is 28.7. The van der Waals surface area contributed by atoms with Crippen molar-refractivity contribution in [2.75, 3.05) is 16.4 Å². The van der Waals surface area contributed by atoms with Crippen LogP contribution in [0.4, 0.5) is 11.4 Å². The van der Waals surface area contributed by atoms with Gasteiger partial charge in [0, 0.05) is 18.2 Å². The van der Waals surface area contributed by atoms with Crippen LogP contribution in [0.3, 0.4) is 0 Å². The van der Waals surface area contributed by atoms with Gasteiger partial charge >= 0.3 is 0 Å². The van der Waals surface area contributed by atoms with E-state index in [1.807, 2.05) is 13.8 Å². The molecular formula is C29H54N2O. The topological polar surface area (TPSA) is 15.7 Å². The van der Waals surface area contributed by atoms with Crippen LogP contribution in [0, 0.1) is 0 Å². The van der Waals surface area contributed by atoms with Gasteiger partial charge in [0.2, 0.25) is 0 Å². The second-order valence-electron chi connectivity index (χ2n) is 9.67. The van der Waals surface area contributed by atoms with Crippen molar-refractivity contribution in [2.24, 2.45) is 0 Å². The Morgan fingerprint density at radius 3 is 1.69 bits per heavy atom. The Morgan fingerprint density at radius 2 is 1.19 bits per heavy atom. The second kappa shape index (κ2) is 16.3. The molecule has 0 amide bonds. The predicted molar refractivity (Wildman–Crippen MR) is 144 cm³/mol. The van der Waals surface area contributed by atoms with E-state index in [-0.39, 0.29) is 0 Å². The Bertz CT molecular complexity index is 599. The van der Waals surface area contributed by atoms with Crippen molar-refractivity contribution >= 4 is 11.4 Å². The molecule has 3 nitrogen and oxygen atoms in total. The molecule has 0 fully saturated rings. The van der Waals surface area contributed by atoms with Gasteiger partial charge in [0.05, 0.1) is 24.1 Å². The maximum absolute atomic E-state index is 6.13. The van der Waals surface area contributed by atoms with Crippen LogP contribution in [0.25, 0.3) is 0 Å². The third kappa shape index (κ3) is 8.87. The summed E-state index contributed by atoms with van der Waals surface area (Å²) in [4.78, 5) is 5.04. The molecule has 1 heterocycles. The van der Waals surface area contributed by atoms with E-state index in [1.165, 1.54) is 75.6 Å². The van der Waals surface area contributed by atoms with Crippen LogP contribution >= 0.6 is 0 Å². The van der Waals surface area contributed by atoms with E-state index in [1.54, 1.807) is 0 Å². The lowest BCUT2D eigenvalue weighted by atomic mass is 10.1. The van der Waals surface area contributed by atoms with Crippen molar-refractivity contribution in [2.45, 2.75) is 144 Å². The molecule has 0 radical (unpaired) electrons. The van der Waals surface area contributed by atoms with Crippen LogP contribution in [0.2, 0.25) is 0 Å². The van der Waals surface area contributed by atoms with Crippen molar-refractivity contribution < 1.29 is 4.74 Å². The average molecular weight is 447 g/mol. The molecule has 0 saturated carbocycles. The van der Waals surface area contributed by atoms with Crippen LogP contribution in [0.15, 0.2) is 18.2 Å². The van der Waals surface area contributed by atoms with Gasteiger partial charge in [-0.2, -0.15) is 0 Å². The predicted octanol–water partition coefficient (Wildman–Crippen LogP) is 9.19. The summed E-state index contributed by atoms with van der Waals surface area (Å²) in [6.07, 6.45) is 15.5. The molecule has 3 heteroatoms. The summed E-state index contributed by atoms with van der Waals surface area (Å²) in [6, 6.07) is 7.63. The highest BCUT2D eigenvalue weighted by atomic mass is 16.5. The van der Waals surface area contributed by atoms with Gasteiger partial charge < -0.3 is 14.5 Å². The van der Waals surface area contributed by atoms with Crippen LogP contribution in [0.5, 0.6) is 5.75 Å². The lowest BCUT2D eigenvalue weighted by molar-refractivity contribution is 0.304. The monoisotopic (exact) mass is 446 g/mol. The Hall–Kier alpha value is -1.38. The molecule has 0 spiro atoms. The second-order valence-corrected chi connectivity index (χ2v) is 9.67. The number of fused-ring (bicyclic) bond motifs is 1. The molecule has 1 aromatic carbocycles. The number of hydrogen-bond donors (Lipinski definition) is 0. The largest absolute Gasteiger partial charge is 0.494 e. The summed E-state index contributed by atoms with van der Waals surface area (Å²) in [5.74, 6) is 1.02. The van der Waals surface area contributed by atoms with Gasteiger partial charge in [-0.05, 0) is 53.2 Å². The smallest absolute Gasteiger partial charge is 0.121 e. The Labute approximate surface area is 200 Å². The van der Waals surface area contributed by atoms with Gasteiger partial charge in [0.1, 0.15) is 5.75 Å². The maximum Gasteiger partial charge on any atom is 0.121 e. The molecule has 0 bridgehead atoms. The van der Waals surface area contributed by atoms with Gasteiger partial charge in [-0.15, -0.1) is 0 Å². The molecule has 2 rings (SSSR count). The van der Waals surface area contributed by atoms with Gasteiger partial charge in [-0.25, -0.2) is 0 Å². The summed E-state index contributed by atoms with van der Waals surface area (Å²) in [5, 5.41) is 0. The molecule has 1 atom stereocenters. The van der Waals surface area contributed by atoms with Gasteiger partial charge in [-0.3, -0.25) is 0 Å². The molecule has 0 saturated heterocycles. The summed E-state index contributed by atoms with van der Waals surface area (Å²) in [5.41, 5.74) is 2.66. The van der Waals surface area contributed by atoms with Crippen LogP contribution in [-0.2, 0) is 0 Å². The highest BCUT2D eigenvalue weighted by molar-refractivity contribution is 5.79. The molecule has 0 N–H and O–H groups in total. The minimum absolute atomic E-state index is 0.391. The zero-order valence-corrected chi connectivity index (χ0v) is 22.8. The Kier molecular flexibility index (Phi) is 14.6. The molecule has 1 aromatic rings. The summed E-state index contributed by atoms with van der Waals surface area (Å²) in [6.45, 7) is 18.6. The third-order valence-electron chi connectivity index (χ3n) is 6.44. The SMILES string of the molecule is CC.CCCCCCCCCCCCCOc1ccc2c(c1)N(C(C)C)C(C)N2C(C)C. The molecule has 32 heavy (non-hydrogen) atoms. The van der Waals surface area contributed by atoms with Crippen LogP contribution < -0.4 is 14.5 Å². The zero-order valence-electron chi connectivity index (χ0n) is 22.8. The zero-order chi connectivity index (χ0) is 23.9. The summed E-state index contributed by atoms with van der Waals surface area (Å²) in [7, 11) is 0. The lowest BCUT2D eigenvalue weighted by Gasteiger charge is -2.35. The quantitative estimate of drug-likeness (QED) is 0.250. The van der Waals surface area contributed by atoms with Crippen LogP contribution in [-0.4, -0.2) is 24.9 Å². The van der Waals surface area contributed by atoms with E-state index in [4.69, 9.17) is 4.74 Å². The fraction of sp³-hybridized carbons (Fsp3) is 0.793. The molecule has 0 aromatic heterocycles. The van der Waals surface area contributed by atoms with Gasteiger partial charge in [-0.1, -0.05) is 85.0 Å². The fourth-order valence-electron chi connectivity index (χ4n) is 4.93. The van der Waals surface area contributed by atoms with Crippen molar-refractivity contribution in [3.05, 3.63) is 18.2 Å². The number of nitrogens with zero attached hydrogens (tertiary/aromatic N) is 2. The van der Waals surface area contributed by atoms with Crippen molar-refractivity contribution in [1.82, 2.24) is 0 Å². The molecule has 186 valence electrons. The van der Waals surface area contributed by atoms with E-state index in [0.29, 0.717) is 18.2 Å². The summed E-state index contributed by atoms with van der Waals surface area (Å²) < 4.78 is 6.13. The Morgan fingerprint density at radius 1 is 0.719 bits per heavy atom. The fourth-order valence-corrected chi connectivity index (χ4v) is 4.93. The van der Waals surface area contributed by atoms with Crippen molar-refractivity contribution in [1.29, 1.82) is 0 Å². The van der Waals surface area contributed by atoms with Gasteiger partial charge in [0.25, 0.3) is 0 Å². The minimum Gasteiger partial charge on any atom is -0.494 e. The number of unbranched alkanes of at least 4 members (excludes halogenated alkanes) is 10. The highest BCUT2D eigenvalue weighted by Crippen LogP contribution is 2.43. The highest BCUT2D eigenvalue weighted by Gasteiger charge is 2.35. The first-order valence-electron chi connectivity index (χ1n) is 13.8. The normalized spacial score (nSPS) is 15.2. The van der Waals surface area contributed by atoms with E-state index in [9.17, 15) is 0 Å². The van der Waals surface area contributed by atoms with E-state index in [2.05, 4.69) is 69.5 Å². The molecule has 1 aliphatic rings. The first-order valence-corrected chi connectivity index (χ1v) is 13.8. The molecule has 0 aliphatic carbocycles. The number of rotatable bonds is 15. The van der Waals surface area contributed by atoms with E-state index < -0.39 is 0 Å².